The molecule has 0 fully saturated rings. The normalized spacial score (nSPS) is 17.5. The van der Waals surface area contributed by atoms with Crippen LogP contribution in [0.15, 0.2) is 48.0 Å². The van der Waals surface area contributed by atoms with Crippen molar-refractivity contribution in [3.63, 3.8) is 0 Å². The van der Waals surface area contributed by atoms with Crippen molar-refractivity contribution in [1.29, 1.82) is 0 Å². The topological polar surface area (TPSA) is 40.5 Å². The molecule has 1 aliphatic rings. The minimum absolute atomic E-state index is 0.101. The van der Waals surface area contributed by atoms with Crippen LogP contribution in [-0.4, -0.2) is 27.7 Å². The van der Waals surface area contributed by atoms with E-state index in [2.05, 4.69) is 18.2 Å². The van der Waals surface area contributed by atoms with Crippen LogP contribution in [0.4, 0.5) is 4.79 Å². The van der Waals surface area contributed by atoms with Crippen LogP contribution in [0, 0.1) is 0 Å². The number of halogens is 2. The lowest BCUT2D eigenvalue weighted by Crippen LogP contribution is -2.51. The van der Waals surface area contributed by atoms with E-state index in [1.54, 1.807) is 0 Å². The van der Waals surface area contributed by atoms with Crippen LogP contribution < -0.4 is 0 Å². The van der Waals surface area contributed by atoms with Crippen molar-refractivity contribution in [3.8, 4) is 0 Å². The van der Waals surface area contributed by atoms with Gasteiger partial charge in [-0.2, -0.15) is 0 Å². The van der Waals surface area contributed by atoms with Gasteiger partial charge in [-0.05, 0) is 68.5 Å². The van der Waals surface area contributed by atoms with E-state index in [9.17, 15) is 9.90 Å². The highest BCUT2D eigenvalue weighted by Gasteiger charge is 2.35. The Morgan fingerprint density at radius 3 is 2.43 bits per heavy atom. The predicted octanol–water partition coefficient (Wildman–Crippen LogP) is 7.08. The Labute approximate surface area is 176 Å². The molecule has 1 aliphatic carbocycles. The molecule has 1 amide bonds. The Balaban J connectivity index is 2.06. The Hall–Kier alpha value is -1.97. The van der Waals surface area contributed by atoms with Crippen molar-refractivity contribution in [2.75, 3.05) is 0 Å². The van der Waals surface area contributed by atoms with Crippen LogP contribution in [-0.2, 0) is 0 Å². The standard InChI is InChI=1S/C23H25Cl2NO2/c1-14(26(22(27)28)23(2,3)4)17-11-15-7-5-6-8-18(15)19(12-17)16-9-10-20(24)21(25)13-16/h5-11,13-14,19H,12H2,1-4H3,(H,27,28). The maximum Gasteiger partial charge on any atom is 0.408 e. The molecule has 1 N–H and O–H groups in total. The summed E-state index contributed by atoms with van der Waals surface area (Å²) in [5, 5.41) is 10.9. The second-order valence-corrected chi connectivity index (χ2v) is 9.09. The largest absolute Gasteiger partial charge is 0.465 e. The van der Waals surface area contributed by atoms with Crippen molar-refractivity contribution < 1.29 is 9.90 Å². The van der Waals surface area contributed by atoms with Crippen molar-refractivity contribution in [2.45, 2.75) is 51.6 Å². The zero-order valence-corrected chi connectivity index (χ0v) is 18.1. The number of hydrogen-bond acceptors (Lipinski definition) is 1. The van der Waals surface area contributed by atoms with Crippen molar-refractivity contribution in [1.82, 2.24) is 4.90 Å². The summed E-state index contributed by atoms with van der Waals surface area (Å²) in [4.78, 5) is 13.5. The Morgan fingerprint density at radius 1 is 1.14 bits per heavy atom. The van der Waals surface area contributed by atoms with Gasteiger partial charge in [0.15, 0.2) is 0 Å². The zero-order valence-electron chi connectivity index (χ0n) is 16.5. The molecule has 148 valence electrons. The van der Waals surface area contributed by atoms with Crippen LogP contribution in [0.5, 0.6) is 0 Å². The lowest BCUT2D eigenvalue weighted by atomic mass is 9.77. The molecule has 3 rings (SSSR count). The molecule has 2 unspecified atom stereocenters. The fraction of sp³-hybridized carbons (Fsp3) is 0.348. The molecule has 2 atom stereocenters. The van der Waals surface area contributed by atoms with E-state index >= 15 is 0 Å². The summed E-state index contributed by atoms with van der Waals surface area (Å²) in [5.74, 6) is 0.101. The maximum absolute atomic E-state index is 12.0. The van der Waals surface area contributed by atoms with E-state index in [1.165, 1.54) is 10.5 Å². The van der Waals surface area contributed by atoms with Crippen molar-refractivity contribution in [2.24, 2.45) is 0 Å². The number of carboxylic acid groups (broad SMARTS) is 1. The average Bonchev–Trinajstić information content (AvgIpc) is 2.61. The highest BCUT2D eigenvalue weighted by molar-refractivity contribution is 6.42. The van der Waals surface area contributed by atoms with E-state index < -0.39 is 11.6 Å². The van der Waals surface area contributed by atoms with Crippen LogP contribution in [0.3, 0.4) is 0 Å². The van der Waals surface area contributed by atoms with E-state index in [-0.39, 0.29) is 12.0 Å². The summed E-state index contributed by atoms with van der Waals surface area (Å²) in [7, 11) is 0. The van der Waals surface area contributed by atoms with Crippen LogP contribution >= 0.6 is 23.2 Å². The molecular weight excluding hydrogens is 393 g/mol. The smallest absolute Gasteiger partial charge is 0.408 e. The fourth-order valence-electron chi connectivity index (χ4n) is 4.08. The molecule has 28 heavy (non-hydrogen) atoms. The number of amides is 1. The summed E-state index contributed by atoms with van der Waals surface area (Å²) in [6.45, 7) is 7.73. The molecule has 0 aromatic heterocycles. The first-order valence-corrected chi connectivity index (χ1v) is 10.1. The van der Waals surface area contributed by atoms with Gasteiger partial charge in [-0.1, -0.05) is 59.6 Å². The third kappa shape index (κ3) is 4.06. The third-order valence-corrected chi connectivity index (χ3v) is 6.09. The SMILES string of the molecule is CC(C1=Cc2ccccc2C(c2ccc(Cl)c(Cl)c2)C1)N(C(=O)O)C(C)(C)C. The van der Waals surface area contributed by atoms with Gasteiger partial charge in [0.1, 0.15) is 0 Å². The number of fused-ring (bicyclic) bond motifs is 1. The molecule has 0 saturated carbocycles. The molecule has 0 heterocycles. The second-order valence-electron chi connectivity index (χ2n) is 8.28. The number of benzene rings is 2. The molecule has 0 saturated heterocycles. The van der Waals surface area contributed by atoms with Gasteiger partial charge in [0, 0.05) is 11.5 Å². The summed E-state index contributed by atoms with van der Waals surface area (Å²) < 4.78 is 0. The minimum atomic E-state index is -0.911. The first-order valence-electron chi connectivity index (χ1n) is 9.36. The van der Waals surface area contributed by atoms with Crippen LogP contribution in [0.1, 0.15) is 56.7 Å². The monoisotopic (exact) mass is 417 g/mol. The number of carbonyl (C=O) groups is 1. The lowest BCUT2D eigenvalue weighted by Gasteiger charge is -2.41. The van der Waals surface area contributed by atoms with Crippen molar-refractivity contribution >= 4 is 35.4 Å². The first-order chi connectivity index (χ1) is 13.1. The average molecular weight is 418 g/mol. The molecule has 0 bridgehead atoms. The lowest BCUT2D eigenvalue weighted by molar-refractivity contribution is 0.0841. The van der Waals surface area contributed by atoms with Gasteiger partial charge in [0.05, 0.1) is 16.1 Å². The van der Waals surface area contributed by atoms with Gasteiger partial charge >= 0.3 is 6.09 Å². The molecule has 2 aromatic rings. The van der Waals surface area contributed by atoms with Crippen LogP contribution in [0.25, 0.3) is 6.08 Å². The van der Waals surface area contributed by atoms with Gasteiger partial charge in [-0.3, -0.25) is 4.90 Å². The molecular formula is C23H25Cl2NO2. The summed E-state index contributed by atoms with van der Waals surface area (Å²) in [6.07, 6.45) is 1.96. The van der Waals surface area contributed by atoms with E-state index in [0.717, 1.165) is 23.1 Å². The summed E-state index contributed by atoms with van der Waals surface area (Å²) in [5.41, 5.74) is 4.01. The Morgan fingerprint density at radius 2 is 1.82 bits per heavy atom. The van der Waals surface area contributed by atoms with Gasteiger partial charge in [-0.15, -0.1) is 0 Å². The Bertz CT molecular complexity index is 930. The van der Waals surface area contributed by atoms with E-state index in [1.807, 2.05) is 58.0 Å². The predicted molar refractivity (Wildman–Crippen MR) is 116 cm³/mol. The molecule has 3 nitrogen and oxygen atoms in total. The third-order valence-electron chi connectivity index (χ3n) is 5.35. The first kappa shape index (κ1) is 20.8. The maximum atomic E-state index is 12.0. The molecule has 5 heteroatoms. The quantitative estimate of drug-likeness (QED) is 0.579. The molecule has 0 aliphatic heterocycles. The second kappa shape index (κ2) is 7.81. The highest BCUT2D eigenvalue weighted by Crippen LogP contribution is 2.42. The molecule has 0 spiro atoms. The fourth-order valence-corrected chi connectivity index (χ4v) is 4.39. The number of hydrogen-bond donors (Lipinski definition) is 1. The number of nitrogens with zero attached hydrogens (tertiary/aromatic N) is 1. The van der Waals surface area contributed by atoms with Gasteiger partial charge < -0.3 is 5.11 Å². The number of rotatable bonds is 3. The van der Waals surface area contributed by atoms with Crippen molar-refractivity contribution in [3.05, 3.63) is 74.8 Å². The van der Waals surface area contributed by atoms with E-state index in [0.29, 0.717) is 10.0 Å². The minimum Gasteiger partial charge on any atom is -0.465 e. The van der Waals surface area contributed by atoms with E-state index in [4.69, 9.17) is 23.2 Å². The van der Waals surface area contributed by atoms with Gasteiger partial charge in [0.2, 0.25) is 0 Å². The molecule has 2 aromatic carbocycles. The zero-order chi connectivity index (χ0) is 20.6. The van der Waals surface area contributed by atoms with Crippen LogP contribution in [0.2, 0.25) is 10.0 Å². The highest BCUT2D eigenvalue weighted by atomic mass is 35.5. The Kier molecular flexibility index (Phi) is 5.79. The summed E-state index contributed by atoms with van der Waals surface area (Å²) in [6, 6.07) is 13.7. The molecule has 0 radical (unpaired) electrons. The van der Waals surface area contributed by atoms with Gasteiger partial charge in [-0.25, -0.2) is 4.79 Å². The van der Waals surface area contributed by atoms with Gasteiger partial charge in [0.25, 0.3) is 0 Å². The summed E-state index contributed by atoms with van der Waals surface area (Å²) >= 11 is 12.4.